The highest BCUT2D eigenvalue weighted by molar-refractivity contribution is 5.86. The van der Waals surface area contributed by atoms with Crippen LogP contribution < -0.4 is 5.73 Å². The van der Waals surface area contributed by atoms with Gasteiger partial charge in [-0.05, 0) is 19.8 Å². The van der Waals surface area contributed by atoms with Crippen molar-refractivity contribution < 1.29 is 9.59 Å². The number of nitrogens with two attached hydrogens (primary N) is 1. The summed E-state index contributed by atoms with van der Waals surface area (Å²) in [7, 11) is 0. The van der Waals surface area contributed by atoms with Crippen molar-refractivity contribution in [3.63, 3.8) is 0 Å². The molecule has 98 valence electrons. The molecule has 2 aliphatic rings. The number of rotatable bonds is 3. The molecule has 1 unspecified atom stereocenters. The van der Waals surface area contributed by atoms with E-state index in [-0.39, 0.29) is 36.8 Å². The monoisotopic (exact) mass is 261 g/mol. The summed E-state index contributed by atoms with van der Waals surface area (Å²) in [6.45, 7) is 3.39. The van der Waals surface area contributed by atoms with Gasteiger partial charge in [0, 0.05) is 31.6 Å². The van der Waals surface area contributed by atoms with Crippen LogP contribution in [0.3, 0.4) is 0 Å². The van der Waals surface area contributed by atoms with Crippen LogP contribution >= 0.6 is 12.4 Å². The van der Waals surface area contributed by atoms with Crippen molar-refractivity contribution in [2.24, 2.45) is 5.73 Å². The molecule has 0 aromatic heterocycles. The van der Waals surface area contributed by atoms with Gasteiger partial charge in [-0.15, -0.1) is 12.4 Å². The number of piperazine rings is 1. The van der Waals surface area contributed by atoms with E-state index in [4.69, 9.17) is 5.73 Å². The van der Waals surface area contributed by atoms with E-state index >= 15 is 0 Å². The molecular weight excluding hydrogens is 242 g/mol. The molecule has 1 heterocycles. The molecule has 1 atom stereocenters. The lowest BCUT2D eigenvalue weighted by molar-refractivity contribution is -0.145. The van der Waals surface area contributed by atoms with Crippen LogP contribution in [0.25, 0.3) is 0 Å². The van der Waals surface area contributed by atoms with Crippen LogP contribution in [0.4, 0.5) is 0 Å². The molecule has 1 saturated carbocycles. The molecule has 0 aromatic rings. The predicted molar refractivity (Wildman–Crippen MR) is 66.8 cm³/mol. The van der Waals surface area contributed by atoms with E-state index in [0.29, 0.717) is 25.6 Å². The van der Waals surface area contributed by atoms with Crippen molar-refractivity contribution in [2.45, 2.75) is 38.3 Å². The zero-order valence-electron chi connectivity index (χ0n) is 10.1. The molecule has 0 spiro atoms. The Balaban J connectivity index is 0.00000144. The summed E-state index contributed by atoms with van der Waals surface area (Å²) in [4.78, 5) is 27.0. The molecule has 2 amide bonds. The van der Waals surface area contributed by atoms with E-state index in [9.17, 15) is 9.59 Å². The third kappa shape index (κ3) is 3.57. The Morgan fingerprint density at radius 1 is 1.47 bits per heavy atom. The van der Waals surface area contributed by atoms with E-state index in [1.165, 1.54) is 0 Å². The van der Waals surface area contributed by atoms with Gasteiger partial charge in [-0.25, -0.2) is 0 Å². The standard InChI is InChI=1S/C11H19N3O2.ClH/c1-8(12)6-10(15)13-4-5-14(9-2-3-9)11(16)7-13;/h8-9H,2-7,12H2,1H3;1H. The van der Waals surface area contributed by atoms with Gasteiger partial charge in [0.05, 0.1) is 6.54 Å². The minimum Gasteiger partial charge on any atom is -0.336 e. The van der Waals surface area contributed by atoms with Crippen molar-refractivity contribution in [3.8, 4) is 0 Å². The average molecular weight is 262 g/mol. The Morgan fingerprint density at radius 3 is 2.59 bits per heavy atom. The third-order valence-electron chi connectivity index (χ3n) is 3.09. The second-order valence-corrected chi connectivity index (χ2v) is 4.82. The van der Waals surface area contributed by atoms with Crippen molar-refractivity contribution in [3.05, 3.63) is 0 Å². The molecular formula is C11H20ClN3O2. The highest BCUT2D eigenvalue weighted by atomic mass is 35.5. The van der Waals surface area contributed by atoms with Crippen LogP contribution in [0.5, 0.6) is 0 Å². The van der Waals surface area contributed by atoms with Crippen LogP contribution in [0, 0.1) is 0 Å². The molecule has 2 fully saturated rings. The Morgan fingerprint density at radius 2 is 2.12 bits per heavy atom. The number of halogens is 1. The van der Waals surface area contributed by atoms with Gasteiger partial charge in [0.1, 0.15) is 0 Å². The van der Waals surface area contributed by atoms with Crippen molar-refractivity contribution in [2.75, 3.05) is 19.6 Å². The lowest BCUT2D eigenvalue weighted by atomic mass is 10.2. The molecule has 5 nitrogen and oxygen atoms in total. The first kappa shape index (κ1) is 14.3. The molecule has 2 rings (SSSR count). The second-order valence-electron chi connectivity index (χ2n) is 4.82. The van der Waals surface area contributed by atoms with Crippen LogP contribution in [-0.4, -0.2) is 53.3 Å². The van der Waals surface area contributed by atoms with Gasteiger partial charge in [0.2, 0.25) is 11.8 Å². The van der Waals surface area contributed by atoms with Gasteiger partial charge in [0.25, 0.3) is 0 Å². The topological polar surface area (TPSA) is 66.6 Å². The van der Waals surface area contributed by atoms with Gasteiger partial charge >= 0.3 is 0 Å². The average Bonchev–Trinajstić information content (AvgIpc) is 3.00. The number of amides is 2. The Kier molecular flexibility index (Phi) is 4.77. The highest BCUT2D eigenvalue weighted by Crippen LogP contribution is 2.28. The molecule has 0 radical (unpaired) electrons. The summed E-state index contributed by atoms with van der Waals surface area (Å²) >= 11 is 0. The second kappa shape index (κ2) is 5.69. The normalized spacial score (nSPS) is 22.1. The smallest absolute Gasteiger partial charge is 0.242 e. The summed E-state index contributed by atoms with van der Waals surface area (Å²) in [5, 5.41) is 0. The van der Waals surface area contributed by atoms with Crippen molar-refractivity contribution in [1.82, 2.24) is 9.80 Å². The fourth-order valence-electron chi connectivity index (χ4n) is 2.08. The molecule has 2 N–H and O–H groups in total. The third-order valence-corrected chi connectivity index (χ3v) is 3.09. The largest absolute Gasteiger partial charge is 0.336 e. The van der Waals surface area contributed by atoms with E-state index in [2.05, 4.69) is 0 Å². The Labute approximate surface area is 108 Å². The SMILES string of the molecule is CC(N)CC(=O)N1CCN(C2CC2)C(=O)C1.Cl. The number of carbonyl (C=O) groups is 2. The van der Waals surface area contributed by atoms with Gasteiger partial charge in [-0.1, -0.05) is 0 Å². The van der Waals surface area contributed by atoms with E-state index in [1.807, 2.05) is 4.90 Å². The van der Waals surface area contributed by atoms with Crippen LogP contribution in [0.15, 0.2) is 0 Å². The quantitative estimate of drug-likeness (QED) is 0.776. The molecule has 17 heavy (non-hydrogen) atoms. The summed E-state index contributed by atoms with van der Waals surface area (Å²) < 4.78 is 0. The summed E-state index contributed by atoms with van der Waals surface area (Å²) in [6, 6.07) is 0.322. The fraction of sp³-hybridized carbons (Fsp3) is 0.818. The first-order valence-corrected chi connectivity index (χ1v) is 5.90. The number of hydrogen-bond acceptors (Lipinski definition) is 3. The minimum absolute atomic E-state index is 0. The number of hydrogen-bond donors (Lipinski definition) is 1. The lowest BCUT2D eigenvalue weighted by Gasteiger charge is -2.34. The molecule has 0 aromatic carbocycles. The summed E-state index contributed by atoms with van der Waals surface area (Å²) in [6.07, 6.45) is 2.58. The van der Waals surface area contributed by atoms with E-state index in [1.54, 1.807) is 11.8 Å². The molecule has 1 aliphatic heterocycles. The molecule has 0 bridgehead atoms. The van der Waals surface area contributed by atoms with Crippen LogP contribution in [0.1, 0.15) is 26.2 Å². The van der Waals surface area contributed by atoms with Gasteiger partial charge in [0.15, 0.2) is 0 Å². The molecule has 1 saturated heterocycles. The first-order valence-electron chi connectivity index (χ1n) is 5.90. The predicted octanol–water partition coefficient (Wildman–Crippen LogP) is -0.0213. The first-order chi connectivity index (χ1) is 7.58. The zero-order chi connectivity index (χ0) is 11.7. The van der Waals surface area contributed by atoms with Crippen LogP contribution in [0.2, 0.25) is 0 Å². The zero-order valence-corrected chi connectivity index (χ0v) is 10.9. The van der Waals surface area contributed by atoms with Crippen LogP contribution in [-0.2, 0) is 9.59 Å². The number of carbonyl (C=O) groups excluding carboxylic acids is 2. The maximum Gasteiger partial charge on any atom is 0.242 e. The minimum atomic E-state index is -0.135. The van der Waals surface area contributed by atoms with Crippen molar-refractivity contribution >= 4 is 24.2 Å². The summed E-state index contributed by atoms with van der Waals surface area (Å²) in [5.41, 5.74) is 5.58. The maximum absolute atomic E-state index is 11.8. The Bertz CT molecular complexity index is 303. The van der Waals surface area contributed by atoms with E-state index in [0.717, 1.165) is 12.8 Å². The van der Waals surface area contributed by atoms with E-state index < -0.39 is 0 Å². The lowest BCUT2D eigenvalue weighted by Crippen LogP contribution is -2.53. The number of nitrogens with zero attached hydrogens (tertiary/aromatic N) is 2. The maximum atomic E-state index is 11.8. The molecule has 1 aliphatic carbocycles. The van der Waals surface area contributed by atoms with Gasteiger partial charge < -0.3 is 15.5 Å². The Hall–Kier alpha value is -0.810. The molecule has 6 heteroatoms. The summed E-state index contributed by atoms with van der Waals surface area (Å²) in [5.74, 6) is 0.0885. The highest BCUT2D eigenvalue weighted by Gasteiger charge is 2.36. The fourth-order valence-corrected chi connectivity index (χ4v) is 2.08. The van der Waals surface area contributed by atoms with Crippen molar-refractivity contribution in [1.29, 1.82) is 0 Å². The van der Waals surface area contributed by atoms with Gasteiger partial charge in [-0.2, -0.15) is 0 Å². The van der Waals surface area contributed by atoms with Gasteiger partial charge in [-0.3, -0.25) is 9.59 Å².